The lowest BCUT2D eigenvalue weighted by molar-refractivity contribution is -0.384. The molecule has 2 aromatic rings. The van der Waals surface area contributed by atoms with Crippen molar-refractivity contribution < 1.29 is 23.8 Å². The van der Waals surface area contributed by atoms with Gasteiger partial charge in [-0.1, -0.05) is 19.0 Å². The molecule has 10 heteroatoms. The van der Waals surface area contributed by atoms with Crippen LogP contribution in [0.2, 0.25) is 0 Å². The van der Waals surface area contributed by atoms with Crippen molar-refractivity contribution in [3.63, 3.8) is 0 Å². The van der Waals surface area contributed by atoms with E-state index < -0.39 is 22.8 Å². The third-order valence-corrected chi connectivity index (χ3v) is 4.52. The SMILES string of the molecule is CCOC(=O)c1cc(C(=O)NC(c2nc(C3CC3)no2)C(C)C)cc([N+](=O)[O-])c1. The molecule has 0 spiro atoms. The second-order valence-electron chi connectivity index (χ2n) is 7.21. The van der Waals surface area contributed by atoms with Gasteiger partial charge in [-0.25, -0.2) is 4.79 Å². The first kappa shape index (κ1) is 20.4. The molecule has 1 amide bonds. The smallest absolute Gasteiger partial charge is 0.338 e. The van der Waals surface area contributed by atoms with E-state index in [1.165, 1.54) is 6.07 Å². The molecule has 1 saturated carbocycles. The summed E-state index contributed by atoms with van der Waals surface area (Å²) in [5, 5.41) is 18.0. The van der Waals surface area contributed by atoms with Crippen molar-refractivity contribution in [1.82, 2.24) is 15.5 Å². The molecule has 1 aromatic heterocycles. The molecule has 1 aliphatic rings. The highest BCUT2D eigenvalue weighted by Crippen LogP contribution is 2.38. The fourth-order valence-electron chi connectivity index (χ4n) is 2.80. The van der Waals surface area contributed by atoms with Gasteiger partial charge in [0.1, 0.15) is 6.04 Å². The second-order valence-corrected chi connectivity index (χ2v) is 7.21. The lowest BCUT2D eigenvalue weighted by atomic mass is 10.0. The van der Waals surface area contributed by atoms with Crippen molar-refractivity contribution in [3.05, 3.63) is 51.2 Å². The number of nitro groups is 1. The largest absolute Gasteiger partial charge is 0.462 e. The van der Waals surface area contributed by atoms with Crippen LogP contribution in [0.1, 0.15) is 78.0 Å². The summed E-state index contributed by atoms with van der Waals surface area (Å²) < 4.78 is 10.2. The van der Waals surface area contributed by atoms with Gasteiger partial charge in [0.15, 0.2) is 5.82 Å². The number of nitrogens with zero attached hydrogens (tertiary/aromatic N) is 3. The number of esters is 1. The van der Waals surface area contributed by atoms with E-state index in [4.69, 9.17) is 9.26 Å². The maximum atomic E-state index is 12.8. The summed E-state index contributed by atoms with van der Waals surface area (Å²) in [5.74, 6) is -0.193. The minimum atomic E-state index is -0.739. The van der Waals surface area contributed by atoms with E-state index in [0.29, 0.717) is 11.7 Å². The fourth-order valence-corrected chi connectivity index (χ4v) is 2.80. The minimum Gasteiger partial charge on any atom is -0.462 e. The first-order valence-electron chi connectivity index (χ1n) is 9.41. The predicted molar refractivity (Wildman–Crippen MR) is 100 cm³/mol. The highest BCUT2D eigenvalue weighted by Gasteiger charge is 2.32. The molecule has 10 nitrogen and oxygen atoms in total. The summed E-state index contributed by atoms with van der Waals surface area (Å²) in [7, 11) is 0. The van der Waals surface area contributed by atoms with E-state index in [1.807, 2.05) is 13.8 Å². The molecule has 1 atom stereocenters. The number of aromatic nitrogens is 2. The Hall–Kier alpha value is -3.30. The minimum absolute atomic E-state index is 0.0326. The van der Waals surface area contributed by atoms with Gasteiger partial charge in [-0.3, -0.25) is 14.9 Å². The number of carbonyl (C=O) groups excluding carboxylic acids is 2. The van der Waals surface area contributed by atoms with Crippen LogP contribution in [0.25, 0.3) is 0 Å². The summed E-state index contributed by atoms with van der Waals surface area (Å²) in [6.45, 7) is 5.49. The number of hydrogen-bond acceptors (Lipinski definition) is 8. The van der Waals surface area contributed by atoms with Crippen molar-refractivity contribution in [2.45, 2.75) is 45.6 Å². The van der Waals surface area contributed by atoms with E-state index in [0.717, 1.165) is 25.0 Å². The van der Waals surface area contributed by atoms with Crippen LogP contribution >= 0.6 is 0 Å². The van der Waals surface area contributed by atoms with E-state index in [2.05, 4.69) is 15.5 Å². The van der Waals surface area contributed by atoms with Crippen LogP contribution in [0.3, 0.4) is 0 Å². The molecular formula is C19H22N4O6. The molecule has 0 bridgehead atoms. The summed E-state index contributed by atoms with van der Waals surface area (Å²) in [6.07, 6.45) is 2.03. The van der Waals surface area contributed by atoms with Gasteiger partial charge >= 0.3 is 5.97 Å². The lowest BCUT2D eigenvalue weighted by Crippen LogP contribution is -2.32. The van der Waals surface area contributed by atoms with Crippen LogP contribution in [0.4, 0.5) is 5.69 Å². The third-order valence-electron chi connectivity index (χ3n) is 4.52. The Balaban J connectivity index is 1.86. The van der Waals surface area contributed by atoms with Crippen LogP contribution in [-0.4, -0.2) is 33.5 Å². The third kappa shape index (κ3) is 4.76. The van der Waals surface area contributed by atoms with Gasteiger partial charge in [-0.15, -0.1) is 0 Å². The first-order valence-corrected chi connectivity index (χ1v) is 9.41. The average molecular weight is 402 g/mol. The van der Waals surface area contributed by atoms with E-state index in [-0.39, 0.29) is 35.2 Å². The van der Waals surface area contributed by atoms with Gasteiger partial charge in [0.25, 0.3) is 11.6 Å². The number of nitro benzene ring substituents is 1. The number of carbonyl (C=O) groups is 2. The van der Waals surface area contributed by atoms with Gasteiger partial charge in [-0.2, -0.15) is 4.98 Å². The van der Waals surface area contributed by atoms with Gasteiger partial charge in [0.05, 0.1) is 17.1 Å². The zero-order valence-corrected chi connectivity index (χ0v) is 16.4. The number of non-ortho nitro benzene ring substituents is 1. The molecule has 1 aromatic carbocycles. The molecule has 154 valence electrons. The summed E-state index contributed by atoms with van der Waals surface area (Å²) >= 11 is 0. The summed E-state index contributed by atoms with van der Waals surface area (Å²) in [5.41, 5.74) is -0.480. The quantitative estimate of drug-likeness (QED) is 0.404. The van der Waals surface area contributed by atoms with Crippen molar-refractivity contribution in [1.29, 1.82) is 0 Å². The van der Waals surface area contributed by atoms with Crippen molar-refractivity contribution in [3.8, 4) is 0 Å². The van der Waals surface area contributed by atoms with Crippen molar-refractivity contribution in [2.24, 2.45) is 5.92 Å². The molecule has 0 radical (unpaired) electrons. The van der Waals surface area contributed by atoms with Crippen LogP contribution < -0.4 is 5.32 Å². The van der Waals surface area contributed by atoms with Gasteiger partial charge in [0.2, 0.25) is 5.89 Å². The number of nitrogens with one attached hydrogen (secondary N) is 1. The monoisotopic (exact) mass is 402 g/mol. The standard InChI is InChI=1S/C19H22N4O6/c1-4-28-19(25)13-7-12(8-14(9-13)23(26)27)17(24)20-15(10(2)3)18-21-16(22-29-18)11-5-6-11/h7-11,15H,4-6H2,1-3H3,(H,20,24). The summed E-state index contributed by atoms with van der Waals surface area (Å²) in [6, 6.07) is 2.88. The van der Waals surface area contributed by atoms with E-state index in [1.54, 1.807) is 6.92 Å². The Bertz CT molecular complexity index is 935. The molecule has 29 heavy (non-hydrogen) atoms. The highest BCUT2D eigenvalue weighted by atomic mass is 16.6. The molecule has 1 heterocycles. The molecular weight excluding hydrogens is 380 g/mol. The number of ether oxygens (including phenoxy) is 1. The topological polar surface area (TPSA) is 137 Å². The molecule has 0 saturated heterocycles. The Labute approximate surface area is 166 Å². The number of benzene rings is 1. The van der Waals surface area contributed by atoms with E-state index in [9.17, 15) is 19.7 Å². The number of amides is 1. The maximum absolute atomic E-state index is 12.8. The Morgan fingerprint density at radius 2 is 2.00 bits per heavy atom. The second kappa shape index (κ2) is 8.38. The normalized spacial score (nSPS) is 14.5. The zero-order chi connectivity index (χ0) is 21.1. The van der Waals surface area contributed by atoms with Crippen LogP contribution in [0.5, 0.6) is 0 Å². The van der Waals surface area contributed by atoms with Crippen LogP contribution in [0.15, 0.2) is 22.7 Å². The maximum Gasteiger partial charge on any atom is 0.338 e. The number of hydrogen-bond donors (Lipinski definition) is 1. The van der Waals surface area contributed by atoms with Crippen LogP contribution in [0, 0.1) is 16.0 Å². The zero-order valence-electron chi connectivity index (χ0n) is 16.4. The highest BCUT2D eigenvalue weighted by molar-refractivity contribution is 5.99. The molecule has 1 aliphatic carbocycles. The molecule has 1 fully saturated rings. The Morgan fingerprint density at radius 1 is 1.31 bits per heavy atom. The average Bonchev–Trinajstić information content (AvgIpc) is 3.43. The predicted octanol–water partition coefficient (Wildman–Crippen LogP) is 3.16. The van der Waals surface area contributed by atoms with E-state index >= 15 is 0 Å². The molecule has 1 N–H and O–H groups in total. The molecule has 1 unspecified atom stereocenters. The van der Waals surface area contributed by atoms with Crippen molar-refractivity contribution in [2.75, 3.05) is 6.61 Å². The van der Waals surface area contributed by atoms with Crippen molar-refractivity contribution >= 4 is 17.6 Å². The van der Waals surface area contributed by atoms with Gasteiger partial charge < -0.3 is 14.6 Å². The van der Waals surface area contributed by atoms with Gasteiger partial charge in [0, 0.05) is 23.6 Å². The Kier molecular flexibility index (Phi) is 5.90. The fraction of sp³-hybridized carbons (Fsp3) is 0.474. The number of rotatable bonds is 8. The first-order chi connectivity index (χ1) is 13.8. The molecule has 0 aliphatic heterocycles. The molecule has 3 rings (SSSR count). The lowest BCUT2D eigenvalue weighted by Gasteiger charge is -2.18. The summed E-state index contributed by atoms with van der Waals surface area (Å²) in [4.78, 5) is 39.8. The Morgan fingerprint density at radius 3 is 2.59 bits per heavy atom. The van der Waals surface area contributed by atoms with Gasteiger partial charge in [-0.05, 0) is 31.7 Å². The van der Waals surface area contributed by atoms with Crippen LogP contribution in [-0.2, 0) is 4.74 Å².